The lowest BCUT2D eigenvalue weighted by molar-refractivity contribution is 0.738. The lowest BCUT2D eigenvalue weighted by Crippen LogP contribution is -2.23. The molecule has 0 radical (unpaired) electrons. The molecule has 4 aromatic rings. The molecule has 2 heterocycles. The summed E-state index contributed by atoms with van der Waals surface area (Å²) < 4.78 is 3.17. The maximum Gasteiger partial charge on any atom is 0.280 e. The molecule has 5 nitrogen and oxygen atoms in total. The number of nitrogens with one attached hydrogen (secondary N) is 1. The Morgan fingerprint density at radius 1 is 0.926 bits per heavy atom. The molecule has 2 aromatic carbocycles. The molecule has 0 bridgehead atoms. The third-order valence-corrected chi connectivity index (χ3v) is 5.04. The van der Waals surface area contributed by atoms with Gasteiger partial charge in [-0.05, 0) is 38.0 Å². The van der Waals surface area contributed by atoms with Crippen LogP contribution in [0.25, 0.3) is 16.6 Å². The van der Waals surface area contributed by atoms with Crippen molar-refractivity contribution in [3.63, 3.8) is 0 Å². The van der Waals surface area contributed by atoms with E-state index in [0.29, 0.717) is 23.1 Å². The fourth-order valence-electron chi connectivity index (χ4n) is 3.47. The molecule has 2 aromatic heterocycles. The summed E-state index contributed by atoms with van der Waals surface area (Å²) in [5, 5.41) is 3.64. The van der Waals surface area contributed by atoms with Gasteiger partial charge in [0.25, 0.3) is 11.1 Å². The Hall–Kier alpha value is -3.34. The molecule has 0 saturated carbocycles. The van der Waals surface area contributed by atoms with Gasteiger partial charge >= 0.3 is 0 Å². The summed E-state index contributed by atoms with van der Waals surface area (Å²) in [6.45, 7) is 6.25. The van der Waals surface area contributed by atoms with Gasteiger partial charge in [-0.3, -0.25) is 14.7 Å². The molecule has 0 saturated heterocycles. The van der Waals surface area contributed by atoms with Crippen molar-refractivity contribution in [2.45, 2.75) is 27.3 Å². The highest BCUT2D eigenvalue weighted by Gasteiger charge is 2.16. The first kappa shape index (κ1) is 17.1. The second kappa shape index (κ2) is 6.43. The summed E-state index contributed by atoms with van der Waals surface area (Å²) in [5.41, 5.74) is 4.94. The van der Waals surface area contributed by atoms with E-state index >= 15 is 0 Å². The summed E-state index contributed by atoms with van der Waals surface area (Å²) in [4.78, 5) is 25.8. The van der Waals surface area contributed by atoms with E-state index in [0.717, 1.165) is 16.8 Å². The van der Waals surface area contributed by atoms with E-state index in [1.807, 2.05) is 69.3 Å². The summed E-state index contributed by atoms with van der Waals surface area (Å²) in [6.07, 6.45) is 0. The molecule has 0 unspecified atom stereocenters. The van der Waals surface area contributed by atoms with Crippen LogP contribution in [0.4, 0.5) is 0 Å². The zero-order valence-corrected chi connectivity index (χ0v) is 15.6. The molecule has 0 atom stereocenters. The van der Waals surface area contributed by atoms with E-state index < -0.39 is 0 Å². The van der Waals surface area contributed by atoms with Gasteiger partial charge in [0.2, 0.25) is 0 Å². The Morgan fingerprint density at radius 3 is 2.33 bits per heavy atom. The van der Waals surface area contributed by atoms with Gasteiger partial charge < -0.3 is 4.57 Å². The number of benzene rings is 2. The lowest BCUT2D eigenvalue weighted by Gasteiger charge is -2.10. The first-order chi connectivity index (χ1) is 13.0. The highest BCUT2D eigenvalue weighted by Crippen LogP contribution is 2.16. The number of fused-ring (bicyclic) bond motifs is 1. The average Bonchev–Trinajstić information content (AvgIpc) is 2.97. The van der Waals surface area contributed by atoms with Crippen LogP contribution in [0, 0.1) is 20.8 Å². The number of para-hydroxylation sites is 1. The SMILES string of the molecule is Cc1ccc(Cn2c(C)c3c(=O)n(-c4ccccc4C)[nH]c3cc2=O)cc1. The minimum atomic E-state index is -0.144. The number of nitrogens with zero attached hydrogens (tertiary/aromatic N) is 2. The first-order valence-corrected chi connectivity index (χ1v) is 8.92. The quantitative estimate of drug-likeness (QED) is 0.609. The van der Waals surface area contributed by atoms with E-state index in [1.54, 1.807) is 4.57 Å². The van der Waals surface area contributed by atoms with Crippen LogP contribution < -0.4 is 11.1 Å². The van der Waals surface area contributed by atoms with Crippen LogP contribution in [-0.4, -0.2) is 14.3 Å². The summed E-state index contributed by atoms with van der Waals surface area (Å²) in [5.74, 6) is 0. The monoisotopic (exact) mass is 359 g/mol. The van der Waals surface area contributed by atoms with Crippen LogP contribution in [-0.2, 0) is 6.54 Å². The summed E-state index contributed by atoms with van der Waals surface area (Å²) in [7, 11) is 0. The molecular weight excluding hydrogens is 338 g/mol. The highest BCUT2D eigenvalue weighted by molar-refractivity contribution is 5.80. The van der Waals surface area contributed by atoms with Gasteiger partial charge in [0.15, 0.2) is 0 Å². The van der Waals surface area contributed by atoms with E-state index in [9.17, 15) is 9.59 Å². The summed E-state index contributed by atoms with van der Waals surface area (Å²) >= 11 is 0. The van der Waals surface area contributed by atoms with Crippen molar-refractivity contribution in [1.29, 1.82) is 0 Å². The van der Waals surface area contributed by atoms with E-state index in [1.165, 1.54) is 16.3 Å². The molecule has 0 spiro atoms. The molecule has 0 aliphatic heterocycles. The minimum Gasteiger partial charge on any atom is -0.308 e. The minimum absolute atomic E-state index is 0.126. The Kier molecular flexibility index (Phi) is 4.07. The predicted molar refractivity (Wildman–Crippen MR) is 108 cm³/mol. The van der Waals surface area contributed by atoms with Gasteiger partial charge in [-0.25, -0.2) is 4.68 Å². The molecule has 0 fully saturated rings. The van der Waals surface area contributed by atoms with Gasteiger partial charge in [0, 0.05) is 11.8 Å². The highest BCUT2D eigenvalue weighted by atomic mass is 16.1. The molecule has 0 amide bonds. The Balaban J connectivity index is 1.90. The largest absolute Gasteiger partial charge is 0.308 e. The van der Waals surface area contributed by atoms with Crippen LogP contribution in [0.2, 0.25) is 0 Å². The topological polar surface area (TPSA) is 59.8 Å². The van der Waals surface area contributed by atoms with Crippen LogP contribution in [0.3, 0.4) is 0 Å². The number of aromatic amines is 1. The number of pyridine rings is 1. The molecule has 1 N–H and O–H groups in total. The van der Waals surface area contributed by atoms with Crippen molar-refractivity contribution in [2.75, 3.05) is 0 Å². The molecular formula is C22H21N3O2. The maximum absolute atomic E-state index is 13.1. The van der Waals surface area contributed by atoms with E-state index in [2.05, 4.69) is 5.10 Å². The fraction of sp³-hybridized carbons (Fsp3) is 0.182. The number of hydrogen-bond acceptors (Lipinski definition) is 2. The van der Waals surface area contributed by atoms with Gasteiger partial charge in [-0.15, -0.1) is 0 Å². The Morgan fingerprint density at radius 2 is 1.63 bits per heavy atom. The zero-order chi connectivity index (χ0) is 19.1. The number of hydrogen-bond donors (Lipinski definition) is 1. The third-order valence-electron chi connectivity index (χ3n) is 5.04. The van der Waals surface area contributed by atoms with Crippen LogP contribution in [0.1, 0.15) is 22.4 Å². The zero-order valence-electron chi connectivity index (χ0n) is 15.6. The molecule has 0 aliphatic rings. The average molecular weight is 359 g/mol. The fourth-order valence-corrected chi connectivity index (χ4v) is 3.47. The standard InChI is InChI=1S/C22H21N3O2/c1-14-8-10-17(11-9-14)13-24-16(3)21-18(12-20(24)26)23-25(22(21)27)19-7-5-4-6-15(19)2/h4-12,23H,13H2,1-3H3. The van der Waals surface area contributed by atoms with Crippen molar-refractivity contribution >= 4 is 10.9 Å². The van der Waals surface area contributed by atoms with Crippen molar-refractivity contribution in [3.05, 3.63) is 97.7 Å². The normalized spacial score (nSPS) is 11.2. The number of aryl methyl sites for hydroxylation is 3. The number of aromatic nitrogens is 3. The van der Waals surface area contributed by atoms with Crippen molar-refractivity contribution in [2.24, 2.45) is 0 Å². The maximum atomic E-state index is 13.1. The van der Waals surface area contributed by atoms with Crippen molar-refractivity contribution in [3.8, 4) is 5.69 Å². The van der Waals surface area contributed by atoms with E-state index in [4.69, 9.17) is 0 Å². The smallest absolute Gasteiger partial charge is 0.280 e. The van der Waals surface area contributed by atoms with Gasteiger partial charge in [-0.1, -0.05) is 48.0 Å². The van der Waals surface area contributed by atoms with Gasteiger partial charge in [0.1, 0.15) is 0 Å². The van der Waals surface area contributed by atoms with Crippen molar-refractivity contribution < 1.29 is 0 Å². The predicted octanol–water partition coefficient (Wildman–Crippen LogP) is 3.45. The second-order valence-corrected chi connectivity index (χ2v) is 6.97. The number of H-pyrrole nitrogens is 1. The molecule has 5 heteroatoms. The van der Waals surface area contributed by atoms with Gasteiger partial charge in [0.05, 0.1) is 23.1 Å². The second-order valence-electron chi connectivity index (χ2n) is 6.97. The van der Waals surface area contributed by atoms with Gasteiger partial charge in [-0.2, -0.15) is 0 Å². The first-order valence-electron chi connectivity index (χ1n) is 8.92. The van der Waals surface area contributed by atoms with Crippen molar-refractivity contribution in [1.82, 2.24) is 14.3 Å². The number of rotatable bonds is 3. The molecule has 4 rings (SSSR count). The van der Waals surface area contributed by atoms with E-state index in [-0.39, 0.29) is 11.1 Å². The lowest BCUT2D eigenvalue weighted by atomic mass is 10.1. The van der Waals surface area contributed by atoms with Crippen LogP contribution in [0.5, 0.6) is 0 Å². The molecule has 27 heavy (non-hydrogen) atoms. The van der Waals surface area contributed by atoms with Crippen LogP contribution in [0.15, 0.2) is 64.2 Å². The van der Waals surface area contributed by atoms with Crippen LogP contribution >= 0.6 is 0 Å². The molecule has 136 valence electrons. The third kappa shape index (κ3) is 2.91. The molecule has 0 aliphatic carbocycles. The Bertz CT molecular complexity index is 1260. The summed E-state index contributed by atoms with van der Waals surface area (Å²) in [6, 6.07) is 17.2. The Labute approximate surface area is 156 Å².